The third kappa shape index (κ3) is 4.17. The highest BCUT2D eigenvalue weighted by Crippen LogP contribution is 2.69. The molecule has 0 heterocycles. The molecule has 5 rings (SSSR count). The molecule has 0 amide bonds. The monoisotopic (exact) mass is 476 g/mol. The average Bonchev–Trinajstić information content (AvgIpc) is 3.21. The number of benzene rings is 1. The van der Waals surface area contributed by atoms with Crippen molar-refractivity contribution in [1.82, 2.24) is 0 Å². The maximum Gasteiger partial charge on any atom is 0.0605 e. The van der Waals surface area contributed by atoms with E-state index in [4.69, 9.17) is 0 Å². The van der Waals surface area contributed by atoms with Crippen molar-refractivity contribution < 1.29 is 5.11 Å². The van der Waals surface area contributed by atoms with Crippen LogP contribution in [0.25, 0.3) is 5.57 Å². The Morgan fingerprint density at radius 3 is 2.40 bits per heavy atom. The molecule has 1 nitrogen and oxygen atoms in total. The Morgan fingerprint density at radius 1 is 1.00 bits per heavy atom. The standard InChI is InChI=1S/C34H52O/c1-7-26-30-21-22(2)17-19-34(30,6)29-18-20-33(5)27(15-16-28(33)31(29)32(26)35)24(4)14-13-23(3)25-11-9-8-10-12-25/h8-13,22,24,26-32,35H,7,14-21H2,1-6H3/b23-13-/t22-,24-,26-,27-,28?,29?,30+,31+,32-,33-,34-/m1/s1. The predicted octanol–water partition coefficient (Wildman–Crippen LogP) is 9.02. The van der Waals surface area contributed by atoms with Crippen LogP contribution in [0, 0.1) is 58.2 Å². The van der Waals surface area contributed by atoms with Crippen molar-refractivity contribution in [3.8, 4) is 0 Å². The van der Waals surface area contributed by atoms with Gasteiger partial charge in [0.05, 0.1) is 6.10 Å². The number of aliphatic hydroxyl groups is 1. The maximum absolute atomic E-state index is 12.0. The molecule has 0 radical (unpaired) electrons. The summed E-state index contributed by atoms with van der Waals surface area (Å²) in [6.07, 6.45) is 14.4. The van der Waals surface area contributed by atoms with Gasteiger partial charge in [-0.2, -0.15) is 0 Å². The number of hydrogen-bond donors (Lipinski definition) is 1. The summed E-state index contributed by atoms with van der Waals surface area (Å²) in [6, 6.07) is 10.9. The maximum atomic E-state index is 12.0. The first-order valence-electron chi connectivity index (χ1n) is 15.1. The minimum absolute atomic E-state index is 0.0766. The third-order valence-electron chi connectivity index (χ3n) is 12.5. The minimum Gasteiger partial charge on any atom is -0.393 e. The Morgan fingerprint density at radius 2 is 1.69 bits per heavy atom. The molecule has 4 fully saturated rings. The van der Waals surface area contributed by atoms with E-state index in [1.54, 1.807) is 0 Å². The van der Waals surface area contributed by atoms with Crippen molar-refractivity contribution in [2.24, 2.45) is 58.2 Å². The highest BCUT2D eigenvalue weighted by Gasteiger charge is 2.64. The van der Waals surface area contributed by atoms with E-state index < -0.39 is 0 Å². The summed E-state index contributed by atoms with van der Waals surface area (Å²) in [7, 11) is 0. The zero-order chi connectivity index (χ0) is 25.0. The zero-order valence-corrected chi connectivity index (χ0v) is 23.5. The highest BCUT2D eigenvalue weighted by molar-refractivity contribution is 5.63. The van der Waals surface area contributed by atoms with Gasteiger partial charge in [0, 0.05) is 0 Å². The lowest BCUT2D eigenvalue weighted by Crippen LogP contribution is -2.61. The van der Waals surface area contributed by atoms with Gasteiger partial charge < -0.3 is 5.11 Å². The Balaban J connectivity index is 1.37. The number of hydrogen-bond acceptors (Lipinski definition) is 1. The van der Waals surface area contributed by atoms with E-state index in [2.05, 4.69) is 78.0 Å². The lowest BCUT2D eigenvalue weighted by molar-refractivity contribution is -0.198. The molecule has 1 aromatic carbocycles. The molecule has 1 aromatic rings. The van der Waals surface area contributed by atoms with Crippen LogP contribution in [0.4, 0.5) is 0 Å². The molecule has 1 N–H and O–H groups in total. The molecular formula is C34H52O. The summed E-state index contributed by atoms with van der Waals surface area (Å²) in [5.74, 6) is 5.58. The summed E-state index contributed by atoms with van der Waals surface area (Å²) in [6.45, 7) is 14.9. The number of allylic oxidation sites excluding steroid dienone is 2. The lowest BCUT2D eigenvalue weighted by Gasteiger charge is -2.65. The number of rotatable bonds is 5. The molecule has 194 valence electrons. The van der Waals surface area contributed by atoms with Crippen LogP contribution in [-0.4, -0.2) is 11.2 Å². The van der Waals surface area contributed by atoms with Gasteiger partial charge in [-0.15, -0.1) is 0 Å². The van der Waals surface area contributed by atoms with Gasteiger partial charge in [-0.1, -0.05) is 83.9 Å². The fourth-order valence-electron chi connectivity index (χ4n) is 10.5. The fourth-order valence-corrected chi connectivity index (χ4v) is 10.5. The zero-order valence-electron chi connectivity index (χ0n) is 23.5. The first kappa shape index (κ1) is 25.6. The van der Waals surface area contributed by atoms with Gasteiger partial charge in [0.2, 0.25) is 0 Å². The summed E-state index contributed by atoms with van der Waals surface area (Å²) in [5, 5.41) is 12.0. The Hall–Kier alpha value is -1.08. The van der Waals surface area contributed by atoms with Gasteiger partial charge in [0.15, 0.2) is 0 Å². The number of aliphatic hydroxyl groups excluding tert-OH is 1. The van der Waals surface area contributed by atoms with Crippen LogP contribution in [0.2, 0.25) is 0 Å². The normalized spacial score (nSPS) is 46.4. The van der Waals surface area contributed by atoms with Crippen molar-refractivity contribution in [3.63, 3.8) is 0 Å². The largest absolute Gasteiger partial charge is 0.393 e. The third-order valence-corrected chi connectivity index (χ3v) is 12.5. The molecule has 0 bridgehead atoms. The Bertz CT molecular complexity index is 902. The Labute approximate surface area is 216 Å². The van der Waals surface area contributed by atoms with Crippen LogP contribution in [0.15, 0.2) is 36.4 Å². The number of fused-ring (bicyclic) bond motifs is 5. The summed E-state index contributed by atoms with van der Waals surface area (Å²) in [4.78, 5) is 0. The van der Waals surface area contributed by atoms with Gasteiger partial charge in [0.25, 0.3) is 0 Å². The van der Waals surface area contributed by atoms with Crippen LogP contribution in [0.5, 0.6) is 0 Å². The second kappa shape index (κ2) is 9.66. The van der Waals surface area contributed by atoms with Crippen LogP contribution in [0.1, 0.15) is 105 Å². The van der Waals surface area contributed by atoms with E-state index in [0.717, 1.165) is 30.1 Å². The molecule has 4 aliphatic carbocycles. The highest BCUT2D eigenvalue weighted by atomic mass is 16.3. The molecular weight excluding hydrogens is 424 g/mol. The summed E-state index contributed by atoms with van der Waals surface area (Å²) in [5.41, 5.74) is 3.63. The Kier molecular flexibility index (Phi) is 7.06. The molecule has 2 unspecified atom stereocenters. The van der Waals surface area contributed by atoms with Gasteiger partial charge in [0.1, 0.15) is 0 Å². The van der Waals surface area contributed by atoms with E-state index in [1.807, 2.05) is 0 Å². The second-order valence-electron chi connectivity index (χ2n) is 14.0. The van der Waals surface area contributed by atoms with Crippen LogP contribution in [0.3, 0.4) is 0 Å². The molecule has 1 heteroatoms. The van der Waals surface area contributed by atoms with Gasteiger partial charge in [-0.05, 0) is 121 Å². The topological polar surface area (TPSA) is 20.2 Å². The fraction of sp³-hybridized carbons (Fsp3) is 0.765. The van der Waals surface area contributed by atoms with Crippen molar-refractivity contribution in [2.75, 3.05) is 0 Å². The molecule has 11 atom stereocenters. The quantitative estimate of drug-likeness (QED) is 0.449. The van der Waals surface area contributed by atoms with Crippen LogP contribution >= 0.6 is 0 Å². The molecule has 0 spiro atoms. The molecule has 4 aliphatic rings. The molecule has 0 aliphatic heterocycles. The van der Waals surface area contributed by atoms with Crippen molar-refractivity contribution in [1.29, 1.82) is 0 Å². The van der Waals surface area contributed by atoms with Crippen LogP contribution in [-0.2, 0) is 0 Å². The summed E-state index contributed by atoms with van der Waals surface area (Å²) >= 11 is 0. The SMILES string of the molecule is CC[C@H]1[C@@H](O)[C@H]2C3CC[C@H]([C@H](C)C/C=C(/C)c4ccccc4)[C@@]3(C)CCC2[C@@]2(C)CC[C@@H](C)C[C@@H]12. The summed E-state index contributed by atoms with van der Waals surface area (Å²) < 4.78 is 0. The molecule has 0 saturated heterocycles. The van der Waals surface area contributed by atoms with Crippen molar-refractivity contribution >= 4 is 5.57 Å². The van der Waals surface area contributed by atoms with Gasteiger partial charge >= 0.3 is 0 Å². The average molecular weight is 477 g/mol. The van der Waals surface area contributed by atoms with Crippen molar-refractivity contribution in [3.05, 3.63) is 42.0 Å². The lowest BCUT2D eigenvalue weighted by atomic mass is 9.41. The van der Waals surface area contributed by atoms with Crippen molar-refractivity contribution in [2.45, 2.75) is 105 Å². The first-order valence-corrected chi connectivity index (χ1v) is 15.1. The minimum atomic E-state index is -0.0766. The predicted molar refractivity (Wildman–Crippen MR) is 149 cm³/mol. The van der Waals surface area contributed by atoms with E-state index in [1.165, 1.54) is 62.5 Å². The van der Waals surface area contributed by atoms with Crippen LogP contribution < -0.4 is 0 Å². The smallest absolute Gasteiger partial charge is 0.0605 e. The van der Waals surface area contributed by atoms with E-state index in [9.17, 15) is 5.11 Å². The van der Waals surface area contributed by atoms with E-state index in [-0.39, 0.29) is 6.10 Å². The van der Waals surface area contributed by atoms with E-state index in [0.29, 0.717) is 34.5 Å². The van der Waals surface area contributed by atoms with E-state index >= 15 is 0 Å². The van der Waals surface area contributed by atoms with Gasteiger partial charge in [-0.25, -0.2) is 0 Å². The van der Waals surface area contributed by atoms with Gasteiger partial charge in [-0.3, -0.25) is 0 Å². The molecule has 4 saturated carbocycles. The molecule has 35 heavy (non-hydrogen) atoms. The second-order valence-corrected chi connectivity index (χ2v) is 14.0. The first-order chi connectivity index (χ1) is 16.7. The molecule has 0 aromatic heterocycles.